The number of methoxy groups -OCH3 is 1. The third-order valence-electron chi connectivity index (χ3n) is 5.16. The van der Waals surface area contributed by atoms with Gasteiger partial charge in [0, 0.05) is 30.2 Å². The fraction of sp³-hybridized carbons (Fsp3) is 0.417. The Labute approximate surface area is 188 Å². The molecule has 170 valence electrons. The summed E-state index contributed by atoms with van der Waals surface area (Å²) >= 11 is 0. The van der Waals surface area contributed by atoms with E-state index in [0.717, 1.165) is 41.7 Å². The molecule has 0 aliphatic heterocycles. The van der Waals surface area contributed by atoms with E-state index in [9.17, 15) is 4.79 Å². The number of carbonyl (C=O) groups excluding carboxylic acids is 1. The van der Waals surface area contributed by atoms with Crippen LogP contribution in [0.1, 0.15) is 48.4 Å². The van der Waals surface area contributed by atoms with Gasteiger partial charge in [0.2, 0.25) is 5.95 Å². The average Bonchev–Trinajstić information content (AvgIpc) is 2.76. The first-order chi connectivity index (χ1) is 15.4. The second-order valence-corrected chi connectivity index (χ2v) is 7.68. The summed E-state index contributed by atoms with van der Waals surface area (Å²) in [5, 5.41) is 7.85. The van der Waals surface area contributed by atoms with Crippen LogP contribution in [0.25, 0.3) is 10.9 Å². The van der Waals surface area contributed by atoms with Crippen LogP contribution in [0.5, 0.6) is 5.75 Å². The Hall–Kier alpha value is -3.42. The highest BCUT2D eigenvalue weighted by Gasteiger charge is 2.17. The number of nitrogens with one attached hydrogen (secondary N) is 2. The van der Waals surface area contributed by atoms with Gasteiger partial charge in [-0.2, -0.15) is 0 Å². The Balaban J connectivity index is 1.55. The van der Waals surface area contributed by atoms with E-state index in [4.69, 9.17) is 9.47 Å². The van der Waals surface area contributed by atoms with Crippen LogP contribution in [-0.2, 0) is 4.74 Å². The van der Waals surface area contributed by atoms with Crippen molar-refractivity contribution in [3.8, 4) is 5.75 Å². The van der Waals surface area contributed by atoms with E-state index in [0.29, 0.717) is 29.5 Å². The molecule has 1 unspecified atom stereocenters. The highest BCUT2D eigenvalue weighted by atomic mass is 16.5. The molecule has 8 heteroatoms. The number of aryl methyl sites for hydroxylation is 2. The van der Waals surface area contributed by atoms with Gasteiger partial charge in [0.1, 0.15) is 11.3 Å². The molecule has 3 rings (SSSR count). The van der Waals surface area contributed by atoms with Crippen LogP contribution in [-0.4, -0.2) is 47.2 Å². The molecule has 2 aromatic heterocycles. The summed E-state index contributed by atoms with van der Waals surface area (Å²) in [7, 11) is 1.67. The summed E-state index contributed by atoms with van der Waals surface area (Å²) < 4.78 is 10.5. The molecule has 0 fully saturated rings. The van der Waals surface area contributed by atoms with Crippen molar-refractivity contribution < 1.29 is 14.3 Å². The number of carbonyl (C=O) groups is 1. The maximum atomic E-state index is 12.1. The van der Waals surface area contributed by atoms with Crippen LogP contribution in [0.15, 0.2) is 30.5 Å². The number of nitrogens with zero attached hydrogens (tertiary/aromatic N) is 3. The molecule has 0 saturated carbocycles. The van der Waals surface area contributed by atoms with Crippen molar-refractivity contribution in [1.29, 1.82) is 0 Å². The van der Waals surface area contributed by atoms with Gasteiger partial charge in [-0.15, -0.1) is 0 Å². The number of anilines is 2. The molecule has 2 N–H and O–H groups in total. The number of hydrogen-bond acceptors (Lipinski definition) is 8. The number of hydrogen-bond donors (Lipinski definition) is 2. The number of rotatable bonds is 10. The summed E-state index contributed by atoms with van der Waals surface area (Å²) in [6.07, 6.45) is 3.66. The van der Waals surface area contributed by atoms with Gasteiger partial charge in [-0.05, 0) is 52.7 Å². The van der Waals surface area contributed by atoms with Crippen LogP contribution in [0.4, 0.5) is 11.6 Å². The van der Waals surface area contributed by atoms with E-state index in [1.54, 1.807) is 34.1 Å². The second-order valence-electron chi connectivity index (χ2n) is 7.68. The van der Waals surface area contributed by atoms with Gasteiger partial charge < -0.3 is 20.1 Å². The van der Waals surface area contributed by atoms with E-state index in [1.807, 2.05) is 24.3 Å². The summed E-state index contributed by atoms with van der Waals surface area (Å²) in [5.74, 6) is 0.946. The Bertz CT molecular complexity index is 1060. The van der Waals surface area contributed by atoms with Crippen molar-refractivity contribution in [1.82, 2.24) is 15.0 Å². The van der Waals surface area contributed by atoms with Crippen molar-refractivity contribution in [3.05, 3.63) is 47.4 Å². The maximum absolute atomic E-state index is 12.1. The molecule has 2 heterocycles. The molecule has 1 aromatic carbocycles. The van der Waals surface area contributed by atoms with Gasteiger partial charge in [-0.1, -0.05) is 6.07 Å². The van der Waals surface area contributed by atoms with Crippen LogP contribution in [0.3, 0.4) is 0 Å². The normalized spacial score (nSPS) is 11.8. The summed E-state index contributed by atoms with van der Waals surface area (Å²) in [6.45, 7) is 8.57. The molecule has 3 aromatic rings. The minimum Gasteiger partial charge on any atom is -0.497 e. The van der Waals surface area contributed by atoms with E-state index in [1.165, 1.54) is 0 Å². The minimum atomic E-state index is -0.381. The average molecular weight is 438 g/mol. The highest BCUT2D eigenvalue weighted by Crippen LogP contribution is 2.28. The fourth-order valence-corrected chi connectivity index (χ4v) is 3.63. The lowest BCUT2D eigenvalue weighted by molar-refractivity contribution is 0.0523. The van der Waals surface area contributed by atoms with Crippen LogP contribution < -0.4 is 15.4 Å². The number of ether oxygens (including phenoxy) is 2. The number of benzene rings is 1. The molecule has 0 spiro atoms. The third-order valence-corrected chi connectivity index (χ3v) is 5.16. The smallest absolute Gasteiger partial charge is 0.341 e. The standard InChI is InChI=1S/C24H31N5O3/c1-6-32-23(30)21-16(3)28-24(29-17(21)4)26-12-7-9-15(2)27-20-14-19(31-5)13-18-10-8-11-25-22(18)20/h8,10-11,13-15,27H,6-7,9,12H2,1-5H3,(H,26,28,29). The van der Waals surface area contributed by atoms with Gasteiger partial charge in [-0.25, -0.2) is 14.8 Å². The van der Waals surface area contributed by atoms with Gasteiger partial charge in [0.05, 0.1) is 36.3 Å². The summed E-state index contributed by atoms with van der Waals surface area (Å²) in [4.78, 5) is 25.4. The van der Waals surface area contributed by atoms with Crippen molar-refractivity contribution in [2.45, 2.75) is 46.6 Å². The second kappa shape index (κ2) is 10.7. The van der Waals surface area contributed by atoms with Crippen molar-refractivity contribution in [3.63, 3.8) is 0 Å². The van der Waals surface area contributed by atoms with Crippen LogP contribution in [0.2, 0.25) is 0 Å². The molecule has 0 aliphatic rings. The molecular weight excluding hydrogens is 406 g/mol. The van der Waals surface area contributed by atoms with E-state index >= 15 is 0 Å². The highest BCUT2D eigenvalue weighted by molar-refractivity contribution is 5.92. The fourth-order valence-electron chi connectivity index (χ4n) is 3.63. The molecule has 0 amide bonds. The zero-order valence-electron chi connectivity index (χ0n) is 19.4. The zero-order chi connectivity index (χ0) is 23.1. The van der Waals surface area contributed by atoms with Gasteiger partial charge in [0.25, 0.3) is 0 Å². The number of pyridine rings is 1. The molecule has 32 heavy (non-hydrogen) atoms. The molecular formula is C24H31N5O3. The van der Waals surface area contributed by atoms with E-state index in [2.05, 4.69) is 32.5 Å². The molecule has 8 nitrogen and oxygen atoms in total. The van der Waals surface area contributed by atoms with Gasteiger partial charge >= 0.3 is 5.97 Å². The summed E-state index contributed by atoms with van der Waals surface area (Å²) in [6, 6.07) is 8.16. The largest absolute Gasteiger partial charge is 0.497 e. The van der Waals surface area contributed by atoms with Crippen molar-refractivity contribution in [2.24, 2.45) is 0 Å². The lowest BCUT2D eigenvalue weighted by atomic mass is 10.1. The number of esters is 1. The molecule has 0 radical (unpaired) electrons. The Morgan fingerprint density at radius 1 is 1.19 bits per heavy atom. The minimum absolute atomic E-state index is 0.240. The number of aromatic nitrogens is 3. The third kappa shape index (κ3) is 5.63. The zero-order valence-corrected chi connectivity index (χ0v) is 19.4. The van der Waals surface area contributed by atoms with E-state index in [-0.39, 0.29) is 12.0 Å². The molecule has 1 atom stereocenters. The van der Waals surface area contributed by atoms with E-state index < -0.39 is 0 Å². The SMILES string of the molecule is CCOC(=O)c1c(C)nc(NCCCC(C)Nc2cc(OC)cc3cccnc23)nc1C. The first-order valence-electron chi connectivity index (χ1n) is 10.9. The van der Waals surface area contributed by atoms with Gasteiger partial charge in [-0.3, -0.25) is 4.98 Å². The molecule has 0 aliphatic carbocycles. The summed E-state index contributed by atoms with van der Waals surface area (Å²) in [5.41, 5.74) is 3.56. The first-order valence-corrected chi connectivity index (χ1v) is 10.9. The predicted octanol–water partition coefficient (Wildman–Crippen LogP) is 4.52. The Kier molecular flexibility index (Phi) is 7.81. The van der Waals surface area contributed by atoms with Crippen molar-refractivity contribution >= 4 is 28.5 Å². The lowest BCUT2D eigenvalue weighted by Crippen LogP contribution is -2.18. The maximum Gasteiger partial charge on any atom is 0.341 e. The topological polar surface area (TPSA) is 98.3 Å². The molecule has 0 saturated heterocycles. The van der Waals surface area contributed by atoms with Crippen LogP contribution >= 0.6 is 0 Å². The lowest BCUT2D eigenvalue weighted by Gasteiger charge is -2.18. The first kappa shape index (κ1) is 23.2. The van der Waals surface area contributed by atoms with Crippen LogP contribution in [0, 0.1) is 13.8 Å². The number of fused-ring (bicyclic) bond motifs is 1. The van der Waals surface area contributed by atoms with Gasteiger partial charge in [0.15, 0.2) is 0 Å². The Morgan fingerprint density at radius 2 is 1.94 bits per heavy atom. The molecule has 0 bridgehead atoms. The predicted molar refractivity (Wildman–Crippen MR) is 127 cm³/mol. The van der Waals surface area contributed by atoms with Crippen molar-refractivity contribution in [2.75, 3.05) is 30.9 Å². The quantitative estimate of drug-likeness (QED) is 0.353. The Morgan fingerprint density at radius 3 is 2.62 bits per heavy atom. The monoisotopic (exact) mass is 437 g/mol.